The summed E-state index contributed by atoms with van der Waals surface area (Å²) in [6.45, 7) is 1.96. The van der Waals surface area contributed by atoms with Crippen molar-refractivity contribution in [1.29, 1.82) is 0 Å². The minimum absolute atomic E-state index is 0.0676. The maximum atomic E-state index is 12.3. The van der Waals surface area contributed by atoms with Crippen molar-refractivity contribution >= 4 is 23.8 Å². The molecule has 3 N–H and O–H groups in total. The van der Waals surface area contributed by atoms with Crippen LogP contribution in [0.15, 0.2) is 35.5 Å². The van der Waals surface area contributed by atoms with E-state index < -0.39 is 18.0 Å². The average molecular weight is 322 g/mol. The summed E-state index contributed by atoms with van der Waals surface area (Å²) >= 11 is 1.58. The maximum Gasteiger partial charge on any atom is 0.338 e. The topological polar surface area (TPSA) is 87.7 Å². The number of urea groups is 1. The SMILES string of the molecule is CSCCOC(=O)C1=C(C)NC(=O)NC1c1cccc(O)c1. The molecule has 7 heteroatoms. The first-order chi connectivity index (χ1) is 10.5. The number of allylic oxidation sites excluding steroid dienone is 1. The summed E-state index contributed by atoms with van der Waals surface area (Å²) in [5.41, 5.74) is 1.41. The minimum atomic E-state index is -0.650. The monoisotopic (exact) mass is 322 g/mol. The Kier molecular flexibility index (Phi) is 5.32. The van der Waals surface area contributed by atoms with Gasteiger partial charge in [-0.25, -0.2) is 9.59 Å². The molecule has 0 fully saturated rings. The second kappa shape index (κ2) is 7.22. The minimum Gasteiger partial charge on any atom is -0.508 e. The van der Waals surface area contributed by atoms with E-state index in [2.05, 4.69) is 10.6 Å². The van der Waals surface area contributed by atoms with Gasteiger partial charge in [-0.15, -0.1) is 0 Å². The summed E-state index contributed by atoms with van der Waals surface area (Å²) in [6, 6.07) is 5.38. The van der Waals surface area contributed by atoms with E-state index in [0.29, 0.717) is 29.2 Å². The fourth-order valence-corrected chi connectivity index (χ4v) is 2.46. The molecule has 2 rings (SSSR count). The number of aromatic hydroxyl groups is 1. The summed E-state index contributed by atoms with van der Waals surface area (Å²) in [4.78, 5) is 24.0. The summed E-state index contributed by atoms with van der Waals surface area (Å²) in [5, 5.41) is 14.9. The number of benzene rings is 1. The molecule has 0 bridgehead atoms. The fraction of sp³-hybridized carbons (Fsp3) is 0.333. The van der Waals surface area contributed by atoms with E-state index in [1.54, 1.807) is 30.8 Å². The number of nitrogens with one attached hydrogen (secondary N) is 2. The van der Waals surface area contributed by atoms with E-state index in [9.17, 15) is 14.7 Å². The molecular formula is C15H18N2O4S. The number of esters is 1. The van der Waals surface area contributed by atoms with Gasteiger partial charge in [-0.05, 0) is 30.9 Å². The second-order valence-corrected chi connectivity index (χ2v) is 5.78. The van der Waals surface area contributed by atoms with E-state index in [0.717, 1.165) is 0 Å². The smallest absolute Gasteiger partial charge is 0.338 e. The molecule has 6 nitrogen and oxygen atoms in total. The van der Waals surface area contributed by atoms with Gasteiger partial charge in [0.1, 0.15) is 12.4 Å². The van der Waals surface area contributed by atoms with Crippen LogP contribution in [0, 0.1) is 0 Å². The molecule has 1 aliphatic heterocycles. The Hall–Kier alpha value is -2.15. The van der Waals surface area contributed by atoms with Crippen LogP contribution in [0.1, 0.15) is 18.5 Å². The van der Waals surface area contributed by atoms with Crippen molar-refractivity contribution < 1.29 is 19.4 Å². The van der Waals surface area contributed by atoms with Crippen molar-refractivity contribution in [3.8, 4) is 5.75 Å². The zero-order chi connectivity index (χ0) is 16.1. The molecule has 0 spiro atoms. The average Bonchev–Trinajstić information content (AvgIpc) is 2.46. The van der Waals surface area contributed by atoms with E-state index in [1.807, 2.05) is 6.26 Å². The molecular weight excluding hydrogens is 304 g/mol. The molecule has 0 radical (unpaired) electrons. The van der Waals surface area contributed by atoms with Gasteiger partial charge in [0, 0.05) is 11.4 Å². The number of hydrogen-bond acceptors (Lipinski definition) is 5. The lowest BCUT2D eigenvalue weighted by Gasteiger charge is -2.28. The Morgan fingerprint density at radius 1 is 1.45 bits per heavy atom. The van der Waals surface area contributed by atoms with Gasteiger partial charge in [0.05, 0.1) is 11.6 Å². The largest absolute Gasteiger partial charge is 0.508 e. The summed E-state index contributed by atoms with van der Waals surface area (Å²) < 4.78 is 5.24. The van der Waals surface area contributed by atoms with Crippen LogP contribution in [0.25, 0.3) is 0 Å². The van der Waals surface area contributed by atoms with Gasteiger partial charge in [0.15, 0.2) is 0 Å². The lowest BCUT2D eigenvalue weighted by Crippen LogP contribution is -2.45. The molecule has 1 aliphatic rings. The van der Waals surface area contributed by atoms with E-state index in [-0.39, 0.29) is 5.75 Å². The van der Waals surface area contributed by atoms with Crippen LogP contribution < -0.4 is 10.6 Å². The number of carbonyl (C=O) groups is 2. The van der Waals surface area contributed by atoms with Crippen LogP contribution in [-0.2, 0) is 9.53 Å². The number of hydrogen-bond donors (Lipinski definition) is 3. The molecule has 1 atom stereocenters. The van der Waals surface area contributed by atoms with Crippen LogP contribution in [-0.4, -0.2) is 35.7 Å². The summed E-state index contributed by atoms with van der Waals surface area (Å²) in [5.74, 6) is 0.291. The Labute approximate surface area is 132 Å². The van der Waals surface area contributed by atoms with Crippen LogP contribution in [0.4, 0.5) is 4.79 Å². The predicted octanol–water partition coefficient (Wildman–Crippen LogP) is 1.93. The number of thioether (sulfide) groups is 1. The lowest BCUT2D eigenvalue weighted by atomic mass is 9.95. The molecule has 22 heavy (non-hydrogen) atoms. The number of rotatable bonds is 5. The first-order valence-corrected chi connectivity index (χ1v) is 8.15. The molecule has 0 aromatic heterocycles. The number of ether oxygens (including phenoxy) is 1. The van der Waals surface area contributed by atoms with Gasteiger partial charge in [0.25, 0.3) is 0 Å². The Morgan fingerprint density at radius 3 is 2.91 bits per heavy atom. The fourth-order valence-electron chi connectivity index (χ4n) is 2.21. The number of phenolic OH excluding ortho intramolecular Hbond substituents is 1. The third-order valence-corrected chi connectivity index (χ3v) is 3.79. The number of amides is 2. The van der Waals surface area contributed by atoms with E-state index >= 15 is 0 Å². The van der Waals surface area contributed by atoms with Crippen molar-refractivity contribution in [3.05, 3.63) is 41.1 Å². The third-order valence-electron chi connectivity index (χ3n) is 3.21. The van der Waals surface area contributed by atoms with Crippen molar-refractivity contribution in [1.82, 2.24) is 10.6 Å². The Morgan fingerprint density at radius 2 is 2.23 bits per heavy atom. The van der Waals surface area contributed by atoms with Crippen LogP contribution in [0.2, 0.25) is 0 Å². The van der Waals surface area contributed by atoms with Crippen molar-refractivity contribution in [2.75, 3.05) is 18.6 Å². The lowest BCUT2D eigenvalue weighted by molar-refractivity contribution is -0.138. The zero-order valence-corrected chi connectivity index (χ0v) is 13.2. The normalized spacial score (nSPS) is 17.7. The van der Waals surface area contributed by atoms with Gasteiger partial charge >= 0.3 is 12.0 Å². The Balaban J connectivity index is 2.30. The van der Waals surface area contributed by atoms with Gasteiger partial charge < -0.3 is 20.5 Å². The first kappa shape index (κ1) is 16.2. The van der Waals surface area contributed by atoms with Crippen LogP contribution in [0.5, 0.6) is 5.75 Å². The molecule has 1 heterocycles. The molecule has 1 aromatic carbocycles. The molecule has 0 aliphatic carbocycles. The number of phenols is 1. The van der Waals surface area contributed by atoms with Gasteiger partial charge in [-0.3, -0.25) is 0 Å². The Bertz CT molecular complexity index is 615. The van der Waals surface area contributed by atoms with Gasteiger partial charge in [0.2, 0.25) is 0 Å². The summed E-state index contributed by atoms with van der Waals surface area (Å²) in [6.07, 6.45) is 1.93. The molecule has 0 saturated heterocycles. The van der Waals surface area contributed by atoms with E-state index in [4.69, 9.17) is 4.74 Å². The quantitative estimate of drug-likeness (QED) is 0.569. The highest BCUT2D eigenvalue weighted by molar-refractivity contribution is 7.98. The molecule has 0 saturated carbocycles. The number of carbonyl (C=O) groups excluding carboxylic acids is 2. The molecule has 1 unspecified atom stereocenters. The molecule has 118 valence electrons. The van der Waals surface area contributed by atoms with Gasteiger partial charge in [-0.2, -0.15) is 11.8 Å². The zero-order valence-electron chi connectivity index (χ0n) is 12.4. The van der Waals surface area contributed by atoms with Crippen LogP contribution >= 0.6 is 11.8 Å². The van der Waals surface area contributed by atoms with Crippen LogP contribution in [0.3, 0.4) is 0 Å². The highest BCUT2D eigenvalue weighted by Crippen LogP contribution is 2.29. The second-order valence-electron chi connectivity index (χ2n) is 4.79. The third kappa shape index (κ3) is 3.73. The van der Waals surface area contributed by atoms with Gasteiger partial charge in [-0.1, -0.05) is 12.1 Å². The highest BCUT2D eigenvalue weighted by atomic mass is 32.2. The van der Waals surface area contributed by atoms with E-state index in [1.165, 1.54) is 12.1 Å². The first-order valence-electron chi connectivity index (χ1n) is 6.76. The van der Waals surface area contributed by atoms with Crippen molar-refractivity contribution in [3.63, 3.8) is 0 Å². The standard InChI is InChI=1S/C15H18N2O4S/c1-9-12(14(19)21-6-7-22-2)13(17-15(20)16-9)10-4-3-5-11(18)8-10/h3-5,8,13,18H,6-7H2,1-2H3,(H2,16,17,20). The highest BCUT2D eigenvalue weighted by Gasteiger charge is 2.32. The van der Waals surface area contributed by atoms with Crippen molar-refractivity contribution in [2.45, 2.75) is 13.0 Å². The van der Waals surface area contributed by atoms with Crippen molar-refractivity contribution in [2.24, 2.45) is 0 Å². The predicted molar refractivity (Wildman–Crippen MR) is 84.6 cm³/mol. The maximum absolute atomic E-state index is 12.3. The summed E-state index contributed by atoms with van der Waals surface area (Å²) in [7, 11) is 0. The molecule has 2 amide bonds. The molecule has 1 aromatic rings.